The van der Waals surface area contributed by atoms with Crippen molar-refractivity contribution in [3.63, 3.8) is 0 Å². The molecule has 0 aliphatic heterocycles. The highest BCUT2D eigenvalue weighted by Gasteiger charge is 2.36. The van der Waals surface area contributed by atoms with Crippen LogP contribution in [0.5, 0.6) is 0 Å². The van der Waals surface area contributed by atoms with E-state index in [2.05, 4.69) is 5.32 Å². The number of thiophene rings is 1. The zero-order valence-electron chi connectivity index (χ0n) is 17.4. The first-order valence-electron chi connectivity index (χ1n) is 10.2. The van der Waals surface area contributed by atoms with Crippen LogP contribution in [-0.2, 0) is 14.3 Å². The molecule has 2 N–H and O–H groups in total. The molecule has 2 atom stereocenters. The van der Waals surface area contributed by atoms with Crippen molar-refractivity contribution in [2.24, 2.45) is 11.8 Å². The Bertz CT molecular complexity index is 949. The number of aliphatic carboxylic acids is 1. The van der Waals surface area contributed by atoms with Crippen molar-refractivity contribution < 1.29 is 24.2 Å². The fourth-order valence-electron chi connectivity index (χ4n) is 3.90. The molecule has 1 fully saturated rings. The van der Waals surface area contributed by atoms with Crippen LogP contribution in [0.1, 0.15) is 55.5 Å². The van der Waals surface area contributed by atoms with Crippen LogP contribution in [0, 0.1) is 18.8 Å². The summed E-state index contributed by atoms with van der Waals surface area (Å²) in [6.07, 6.45) is 2.35. The van der Waals surface area contributed by atoms with Crippen LogP contribution in [0.25, 0.3) is 11.1 Å². The summed E-state index contributed by atoms with van der Waals surface area (Å²) in [5.41, 5.74) is 2.93. The Balaban J connectivity index is 1.95. The predicted molar refractivity (Wildman–Crippen MR) is 117 cm³/mol. The molecule has 0 bridgehead atoms. The lowest BCUT2D eigenvalue weighted by Gasteiger charge is -2.27. The largest absolute Gasteiger partial charge is 0.481 e. The Hall–Kier alpha value is -2.67. The van der Waals surface area contributed by atoms with Crippen molar-refractivity contribution in [2.45, 2.75) is 52.6 Å². The first-order chi connectivity index (χ1) is 14.3. The number of carboxylic acid groups (broad SMARTS) is 1. The number of carboxylic acids is 1. The van der Waals surface area contributed by atoms with E-state index in [9.17, 15) is 19.5 Å². The van der Waals surface area contributed by atoms with Gasteiger partial charge < -0.3 is 15.2 Å². The second kappa shape index (κ2) is 9.43. The molecule has 1 amide bonds. The summed E-state index contributed by atoms with van der Waals surface area (Å²) >= 11 is 1.25. The summed E-state index contributed by atoms with van der Waals surface area (Å²) in [5, 5.41) is 14.6. The van der Waals surface area contributed by atoms with Crippen molar-refractivity contribution in [3.8, 4) is 11.1 Å². The lowest BCUT2D eigenvalue weighted by Crippen LogP contribution is -2.36. The molecule has 1 aliphatic rings. The van der Waals surface area contributed by atoms with Crippen molar-refractivity contribution in [2.75, 3.05) is 5.32 Å². The molecule has 160 valence electrons. The van der Waals surface area contributed by atoms with Crippen LogP contribution in [-0.4, -0.2) is 29.1 Å². The van der Waals surface area contributed by atoms with Gasteiger partial charge in [-0.15, -0.1) is 11.3 Å². The molecule has 2 unspecified atom stereocenters. The number of hydrogen-bond donors (Lipinski definition) is 2. The number of nitrogens with one attached hydrogen (secondary N) is 1. The minimum Gasteiger partial charge on any atom is -0.481 e. The maximum atomic E-state index is 13.0. The minimum atomic E-state index is -0.944. The van der Waals surface area contributed by atoms with E-state index >= 15 is 0 Å². The highest BCUT2D eigenvalue weighted by molar-refractivity contribution is 7.15. The number of esters is 1. The van der Waals surface area contributed by atoms with Gasteiger partial charge in [-0.25, -0.2) is 4.79 Å². The van der Waals surface area contributed by atoms with Gasteiger partial charge in [0, 0.05) is 10.9 Å². The van der Waals surface area contributed by atoms with Gasteiger partial charge in [-0.2, -0.15) is 0 Å². The van der Waals surface area contributed by atoms with Gasteiger partial charge in [-0.1, -0.05) is 42.7 Å². The minimum absolute atomic E-state index is 0.305. The highest BCUT2D eigenvalue weighted by atomic mass is 32.1. The quantitative estimate of drug-likeness (QED) is 0.622. The van der Waals surface area contributed by atoms with Crippen molar-refractivity contribution in [3.05, 3.63) is 40.8 Å². The average Bonchev–Trinajstić information content (AvgIpc) is 3.11. The SMILES string of the molecule is Cc1cccc(-c2csc(NC(=O)C3CCCCC3C(=O)O)c2C(=O)OC(C)C)c1. The molecule has 1 aromatic heterocycles. The smallest absolute Gasteiger partial charge is 0.342 e. The fourth-order valence-corrected chi connectivity index (χ4v) is 4.86. The number of rotatable bonds is 6. The molecule has 3 rings (SSSR count). The normalized spacial score (nSPS) is 18.8. The highest BCUT2D eigenvalue weighted by Crippen LogP contribution is 2.38. The summed E-state index contributed by atoms with van der Waals surface area (Å²) in [6, 6.07) is 7.77. The second-order valence-electron chi connectivity index (χ2n) is 8.00. The van der Waals surface area contributed by atoms with Crippen LogP contribution in [0.4, 0.5) is 5.00 Å². The molecule has 1 aromatic carbocycles. The molecule has 1 heterocycles. The molecule has 6 nitrogen and oxygen atoms in total. The van der Waals surface area contributed by atoms with E-state index in [0.29, 0.717) is 29.0 Å². The maximum absolute atomic E-state index is 13.0. The van der Waals surface area contributed by atoms with Crippen LogP contribution < -0.4 is 5.32 Å². The number of aryl methyl sites for hydroxylation is 1. The third kappa shape index (κ3) is 4.90. The monoisotopic (exact) mass is 429 g/mol. The van der Waals surface area contributed by atoms with E-state index < -0.39 is 23.8 Å². The number of carbonyl (C=O) groups is 3. The van der Waals surface area contributed by atoms with Gasteiger partial charge in [0.15, 0.2) is 0 Å². The summed E-state index contributed by atoms with van der Waals surface area (Å²) < 4.78 is 5.44. The molecule has 1 saturated carbocycles. The maximum Gasteiger partial charge on any atom is 0.342 e. The number of carbonyl (C=O) groups excluding carboxylic acids is 2. The number of benzene rings is 1. The van der Waals surface area contributed by atoms with E-state index in [0.717, 1.165) is 24.0 Å². The molecule has 0 spiro atoms. The summed E-state index contributed by atoms with van der Waals surface area (Å²) in [6.45, 7) is 5.52. The van der Waals surface area contributed by atoms with Gasteiger partial charge in [0.25, 0.3) is 0 Å². The number of hydrogen-bond acceptors (Lipinski definition) is 5. The summed E-state index contributed by atoms with van der Waals surface area (Å²) in [7, 11) is 0. The Kier molecular flexibility index (Phi) is 6.92. The third-order valence-electron chi connectivity index (χ3n) is 5.32. The third-order valence-corrected chi connectivity index (χ3v) is 6.22. The molecular weight excluding hydrogens is 402 g/mol. The predicted octanol–water partition coefficient (Wildman–Crippen LogP) is 5.12. The topological polar surface area (TPSA) is 92.7 Å². The van der Waals surface area contributed by atoms with E-state index in [1.807, 2.05) is 36.6 Å². The van der Waals surface area contributed by atoms with Gasteiger partial charge in [-0.3, -0.25) is 9.59 Å². The van der Waals surface area contributed by atoms with Crippen molar-refractivity contribution in [1.29, 1.82) is 0 Å². The van der Waals surface area contributed by atoms with Gasteiger partial charge in [0.1, 0.15) is 10.6 Å². The first kappa shape index (κ1) is 22.0. The Morgan fingerprint density at radius 3 is 2.50 bits per heavy atom. The summed E-state index contributed by atoms with van der Waals surface area (Å²) in [5.74, 6) is -3.09. The molecule has 0 saturated heterocycles. The van der Waals surface area contributed by atoms with Gasteiger partial charge in [0.05, 0.1) is 17.9 Å². The first-order valence-corrected chi connectivity index (χ1v) is 11.1. The standard InChI is InChI=1S/C23H27NO5S/c1-13(2)29-23(28)19-18(15-8-6-7-14(3)11-15)12-30-21(19)24-20(25)16-9-4-5-10-17(16)22(26)27/h6-8,11-13,16-17H,4-5,9-10H2,1-3H3,(H,24,25)(H,26,27). The van der Waals surface area contributed by atoms with E-state index in [1.54, 1.807) is 13.8 Å². The second-order valence-corrected chi connectivity index (χ2v) is 8.88. The van der Waals surface area contributed by atoms with E-state index in [1.165, 1.54) is 11.3 Å². The average molecular weight is 430 g/mol. The van der Waals surface area contributed by atoms with Crippen LogP contribution in [0.2, 0.25) is 0 Å². The van der Waals surface area contributed by atoms with Crippen LogP contribution in [0.3, 0.4) is 0 Å². The lowest BCUT2D eigenvalue weighted by molar-refractivity contribution is -0.147. The number of anilines is 1. The molecule has 7 heteroatoms. The number of ether oxygens (including phenoxy) is 1. The van der Waals surface area contributed by atoms with Crippen LogP contribution in [0.15, 0.2) is 29.6 Å². The molecule has 0 radical (unpaired) electrons. The summed E-state index contributed by atoms with van der Waals surface area (Å²) in [4.78, 5) is 37.4. The zero-order valence-corrected chi connectivity index (χ0v) is 18.3. The Morgan fingerprint density at radius 1 is 1.17 bits per heavy atom. The molecule has 1 aliphatic carbocycles. The Morgan fingerprint density at radius 2 is 1.87 bits per heavy atom. The lowest BCUT2D eigenvalue weighted by atomic mass is 9.79. The zero-order chi connectivity index (χ0) is 21.8. The fraction of sp³-hybridized carbons (Fsp3) is 0.435. The van der Waals surface area contributed by atoms with Gasteiger partial charge >= 0.3 is 11.9 Å². The van der Waals surface area contributed by atoms with Crippen molar-refractivity contribution in [1.82, 2.24) is 0 Å². The molecule has 30 heavy (non-hydrogen) atoms. The van der Waals surface area contributed by atoms with E-state index in [4.69, 9.17) is 4.74 Å². The van der Waals surface area contributed by atoms with E-state index in [-0.39, 0.29) is 12.0 Å². The van der Waals surface area contributed by atoms with Crippen LogP contribution >= 0.6 is 11.3 Å². The number of amides is 1. The van der Waals surface area contributed by atoms with Gasteiger partial charge in [0.2, 0.25) is 5.91 Å². The Labute approximate surface area is 180 Å². The van der Waals surface area contributed by atoms with Gasteiger partial charge in [-0.05, 0) is 39.2 Å². The van der Waals surface area contributed by atoms with Crippen molar-refractivity contribution >= 4 is 34.2 Å². The molecule has 2 aromatic rings. The molecular formula is C23H27NO5S.